The standard InChI is InChI=1S/C33H38ClNO4/c1-32(2)16-23-29(25(36)18-32)28(21-14-22(34)31(39-6)27(15-21)38-5)30-24(17-33(3,4)19-26(30)37)35(23)13-12-20-10-8-7-9-11-20/h7-11,14-15,28H,12-13,16-19H2,1-6H3. The fourth-order valence-corrected chi connectivity index (χ4v) is 6.94. The molecule has 39 heavy (non-hydrogen) atoms. The van der Waals surface area contributed by atoms with E-state index in [0.29, 0.717) is 35.9 Å². The maximum absolute atomic E-state index is 14.0. The van der Waals surface area contributed by atoms with Gasteiger partial charge in [0.2, 0.25) is 0 Å². The number of rotatable bonds is 6. The normalized spacial score (nSPS) is 20.6. The Morgan fingerprint density at radius 3 is 1.92 bits per heavy atom. The van der Waals surface area contributed by atoms with Gasteiger partial charge in [-0.05, 0) is 53.4 Å². The Morgan fingerprint density at radius 2 is 1.41 bits per heavy atom. The molecule has 2 aromatic carbocycles. The van der Waals surface area contributed by atoms with Crippen molar-refractivity contribution in [3.63, 3.8) is 0 Å². The van der Waals surface area contributed by atoms with Crippen LogP contribution in [0.5, 0.6) is 11.5 Å². The van der Waals surface area contributed by atoms with E-state index < -0.39 is 5.92 Å². The van der Waals surface area contributed by atoms with Crippen LogP contribution in [0.4, 0.5) is 0 Å². The third kappa shape index (κ3) is 5.14. The number of ether oxygens (including phenoxy) is 2. The van der Waals surface area contributed by atoms with Crippen LogP contribution in [0, 0.1) is 10.8 Å². The Bertz CT molecular complexity index is 1330. The molecule has 0 bridgehead atoms. The maximum Gasteiger partial charge on any atom is 0.179 e. The lowest BCUT2D eigenvalue weighted by molar-refractivity contribution is -0.119. The highest BCUT2D eigenvalue weighted by molar-refractivity contribution is 6.32. The number of methoxy groups -OCH3 is 2. The lowest BCUT2D eigenvalue weighted by Gasteiger charge is -2.49. The highest BCUT2D eigenvalue weighted by atomic mass is 35.5. The van der Waals surface area contributed by atoms with Crippen molar-refractivity contribution in [3.05, 3.63) is 81.2 Å². The number of ketones is 2. The van der Waals surface area contributed by atoms with Gasteiger partial charge in [0.15, 0.2) is 23.1 Å². The molecule has 206 valence electrons. The van der Waals surface area contributed by atoms with E-state index in [-0.39, 0.29) is 22.4 Å². The summed E-state index contributed by atoms with van der Waals surface area (Å²) >= 11 is 6.68. The van der Waals surface area contributed by atoms with Crippen molar-refractivity contribution < 1.29 is 19.1 Å². The zero-order valence-electron chi connectivity index (χ0n) is 23.8. The molecule has 0 unspecified atom stereocenters. The summed E-state index contributed by atoms with van der Waals surface area (Å²) in [6.07, 6.45) is 3.25. The maximum atomic E-state index is 14.0. The zero-order chi connectivity index (χ0) is 28.1. The van der Waals surface area contributed by atoms with E-state index in [1.54, 1.807) is 14.2 Å². The molecule has 1 aliphatic heterocycles. The third-order valence-corrected chi connectivity index (χ3v) is 8.56. The lowest BCUT2D eigenvalue weighted by atomic mass is 9.63. The van der Waals surface area contributed by atoms with Crippen LogP contribution >= 0.6 is 11.6 Å². The molecule has 0 spiro atoms. The first kappa shape index (κ1) is 27.5. The van der Waals surface area contributed by atoms with Crippen LogP contribution in [-0.2, 0) is 16.0 Å². The molecule has 0 aromatic heterocycles. The van der Waals surface area contributed by atoms with Gasteiger partial charge in [-0.25, -0.2) is 0 Å². The van der Waals surface area contributed by atoms with Crippen molar-refractivity contribution in [1.82, 2.24) is 4.90 Å². The van der Waals surface area contributed by atoms with Gasteiger partial charge in [-0.2, -0.15) is 0 Å². The Hall–Kier alpha value is -3.05. The Labute approximate surface area is 236 Å². The van der Waals surface area contributed by atoms with Crippen LogP contribution in [0.15, 0.2) is 65.0 Å². The van der Waals surface area contributed by atoms with E-state index in [4.69, 9.17) is 21.1 Å². The van der Waals surface area contributed by atoms with E-state index in [0.717, 1.165) is 47.4 Å². The van der Waals surface area contributed by atoms with Crippen molar-refractivity contribution in [2.45, 2.75) is 65.7 Å². The van der Waals surface area contributed by atoms with Crippen LogP contribution in [0.2, 0.25) is 5.02 Å². The molecule has 0 saturated heterocycles. The van der Waals surface area contributed by atoms with Crippen LogP contribution in [-0.4, -0.2) is 37.2 Å². The van der Waals surface area contributed by atoms with E-state index in [2.05, 4.69) is 56.9 Å². The molecule has 2 aliphatic carbocycles. The monoisotopic (exact) mass is 547 g/mol. The molecule has 0 saturated carbocycles. The molecule has 0 radical (unpaired) electrons. The van der Waals surface area contributed by atoms with Gasteiger partial charge in [-0.1, -0.05) is 69.6 Å². The fourth-order valence-electron chi connectivity index (χ4n) is 6.64. The molecule has 2 aromatic rings. The molecule has 1 heterocycles. The number of hydrogen-bond donors (Lipinski definition) is 0. The summed E-state index contributed by atoms with van der Waals surface area (Å²) in [7, 11) is 3.12. The highest BCUT2D eigenvalue weighted by Crippen LogP contribution is 2.55. The van der Waals surface area contributed by atoms with Crippen molar-refractivity contribution >= 4 is 23.2 Å². The van der Waals surface area contributed by atoms with Gasteiger partial charge in [0.25, 0.3) is 0 Å². The predicted octanol–water partition coefficient (Wildman–Crippen LogP) is 7.29. The SMILES string of the molecule is COc1cc(C2C3=C(CC(C)(C)CC3=O)N(CCc3ccccc3)C3=C2C(=O)CC(C)(C)C3)cc(Cl)c1OC. The summed E-state index contributed by atoms with van der Waals surface area (Å²) in [5.74, 6) is 0.659. The zero-order valence-corrected chi connectivity index (χ0v) is 24.6. The minimum atomic E-state index is -0.479. The van der Waals surface area contributed by atoms with Crippen molar-refractivity contribution in [1.29, 1.82) is 0 Å². The smallest absolute Gasteiger partial charge is 0.179 e. The molecular formula is C33H38ClNO4. The second kappa shape index (κ2) is 10.2. The molecule has 3 aliphatic rings. The summed E-state index contributed by atoms with van der Waals surface area (Å²) in [5.41, 5.74) is 5.24. The molecule has 5 rings (SSSR count). The Kier molecular flexibility index (Phi) is 7.17. The third-order valence-electron chi connectivity index (χ3n) is 8.28. The summed E-state index contributed by atoms with van der Waals surface area (Å²) in [5, 5.41) is 0.398. The van der Waals surface area contributed by atoms with Gasteiger partial charge >= 0.3 is 0 Å². The number of halogens is 1. The van der Waals surface area contributed by atoms with E-state index in [9.17, 15) is 9.59 Å². The number of carbonyl (C=O) groups excluding carboxylic acids is 2. The second-order valence-electron chi connectivity index (χ2n) is 12.7. The number of allylic oxidation sites excluding steroid dienone is 4. The average molecular weight is 548 g/mol. The quantitative estimate of drug-likeness (QED) is 0.380. The van der Waals surface area contributed by atoms with E-state index in [1.807, 2.05) is 18.2 Å². The van der Waals surface area contributed by atoms with Gasteiger partial charge in [0, 0.05) is 47.8 Å². The first-order chi connectivity index (χ1) is 18.4. The molecule has 0 fully saturated rings. The number of Topliss-reactive ketones (excluding diaryl/α,β-unsaturated/α-hetero) is 2. The summed E-state index contributed by atoms with van der Waals surface area (Å²) in [6, 6.07) is 14.1. The van der Waals surface area contributed by atoms with Gasteiger partial charge in [0.05, 0.1) is 19.2 Å². The van der Waals surface area contributed by atoms with E-state index in [1.165, 1.54) is 5.56 Å². The summed E-state index contributed by atoms with van der Waals surface area (Å²) < 4.78 is 11.1. The van der Waals surface area contributed by atoms with Gasteiger partial charge in [-0.15, -0.1) is 0 Å². The highest BCUT2D eigenvalue weighted by Gasteiger charge is 2.49. The first-order valence-electron chi connectivity index (χ1n) is 13.7. The Balaban J connectivity index is 1.73. The molecule has 5 nitrogen and oxygen atoms in total. The molecule has 0 N–H and O–H groups in total. The summed E-state index contributed by atoms with van der Waals surface area (Å²) in [4.78, 5) is 30.4. The van der Waals surface area contributed by atoms with Gasteiger partial charge < -0.3 is 14.4 Å². The van der Waals surface area contributed by atoms with Crippen LogP contribution in [0.3, 0.4) is 0 Å². The number of nitrogens with zero attached hydrogens (tertiary/aromatic N) is 1. The number of benzene rings is 2. The average Bonchev–Trinajstić information content (AvgIpc) is 2.85. The van der Waals surface area contributed by atoms with Crippen molar-refractivity contribution in [2.24, 2.45) is 10.8 Å². The van der Waals surface area contributed by atoms with E-state index >= 15 is 0 Å². The predicted molar refractivity (Wildman–Crippen MR) is 154 cm³/mol. The molecule has 0 amide bonds. The largest absolute Gasteiger partial charge is 0.493 e. The van der Waals surface area contributed by atoms with Gasteiger partial charge in [0.1, 0.15) is 0 Å². The molecular weight excluding hydrogens is 510 g/mol. The van der Waals surface area contributed by atoms with Crippen molar-refractivity contribution in [2.75, 3.05) is 20.8 Å². The van der Waals surface area contributed by atoms with Crippen molar-refractivity contribution in [3.8, 4) is 11.5 Å². The van der Waals surface area contributed by atoms with Crippen LogP contribution in [0.25, 0.3) is 0 Å². The summed E-state index contributed by atoms with van der Waals surface area (Å²) in [6.45, 7) is 9.35. The molecule has 6 heteroatoms. The number of carbonyl (C=O) groups is 2. The first-order valence-corrected chi connectivity index (χ1v) is 14.1. The molecule has 0 atom stereocenters. The topological polar surface area (TPSA) is 55.8 Å². The minimum absolute atomic E-state index is 0.103. The second-order valence-corrected chi connectivity index (χ2v) is 13.1. The van der Waals surface area contributed by atoms with Gasteiger partial charge in [-0.3, -0.25) is 9.59 Å². The van der Waals surface area contributed by atoms with Crippen LogP contribution < -0.4 is 9.47 Å². The Morgan fingerprint density at radius 1 is 0.846 bits per heavy atom. The minimum Gasteiger partial charge on any atom is -0.493 e. The fraction of sp³-hybridized carbons (Fsp3) is 0.455. The number of hydrogen-bond acceptors (Lipinski definition) is 5. The lowest BCUT2D eigenvalue weighted by Crippen LogP contribution is -2.45. The van der Waals surface area contributed by atoms with Crippen LogP contribution in [0.1, 0.15) is 70.4 Å².